The molecule has 5 nitrogen and oxygen atoms in total. The highest BCUT2D eigenvalue weighted by Gasteiger charge is 2.32. The average Bonchev–Trinajstić information content (AvgIpc) is 3.36. The molecule has 6 heteroatoms. The third-order valence-corrected chi connectivity index (χ3v) is 5.51. The number of nitrogens with zero attached hydrogens (tertiary/aromatic N) is 4. The van der Waals surface area contributed by atoms with Gasteiger partial charge in [-0.15, -0.1) is 10.2 Å². The van der Waals surface area contributed by atoms with Gasteiger partial charge in [-0.25, -0.2) is 0 Å². The SMILES string of the molecule is Cc1ccc(C)c(-n2c(C)nnc2SCC(=O)N(CC(C)C)C2CC2)c1. The van der Waals surface area contributed by atoms with Crippen LogP contribution in [0.25, 0.3) is 5.69 Å². The van der Waals surface area contributed by atoms with Gasteiger partial charge in [0, 0.05) is 12.6 Å². The first-order valence-electron chi connectivity index (χ1n) is 9.28. The lowest BCUT2D eigenvalue weighted by atomic mass is 10.1. The topological polar surface area (TPSA) is 51.0 Å². The number of rotatable bonds is 7. The normalized spacial score (nSPS) is 14.1. The van der Waals surface area contributed by atoms with Crippen molar-refractivity contribution >= 4 is 17.7 Å². The fourth-order valence-corrected chi connectivity index (χ4v) is 3.99. The van der Waals surface area contributed by atoms with E-state index in [4.69, 9.17) is 0 Å². The zero-order valence-corrected chi connectivity index (χ0v) is 17.1. The van der Waals surface area contributed by atoms with Gasteiger partial charge in [0.2, 0.25) is 5.91 Å². The minimum Gasteiger partial charge on any atom is -0.339 e. The number of aromatic nitrogens is 3. The van der Waals surface area contributed by atoms with E-state index in [9.17, 15) is 4.79 Å². The molecule has 0 unspecified atom stereocenters. The van der Waals surface area contributed by atoms with Crippen molar-refractivity contribution in [2.24, 2.45) is 5.92 Å². The smallest absolute Gasteiger partial charge is 0.233 e. The molecular weight excluding hydrogens is 344 g/mol. The highest BCUT2D eigenvalue weighted by molar-refractivity contribution is 7.99. The molecular formula is C20H28N4OS. The molecule has 0 spiro atoms. The Morgan fingerprint density at radius 2 is 2.00 bits per heavy atom. The molecule has 1 aromatic carbocycles. The van der Waals surface area contributed by atoms with E-state index in [2.05, 4.69) is 65.6 Å². The molecule has 1 aliphatic carbocycles. The summed E-state index contributed by atoms with van der Waals surface area (Å²) in [6.45, 7) is 11.3. The molecule has 1 fully saturated rings. The highest BCUT2D eigenvalue weighted by atomic mass is 32.2. The van der Waals surface area contributed by atoms with E-state index in [1.54, 1.807) is 0 Å². The Morgan fingerprint density at radius 3 is 2.65 bits per heavy atom. The molecule has 3 rings (SSSR count). The van der Waals surface area contributed by atoms with Gasteiger partial charge >= 0.3 is 0 Å². The van der Waals surface area contributed by atoms with Crippen molar-refractivity contribution in [1.82, 2.24) is 19.7 Å². The zero-order valence-electron chi connectivity index (χ0n) is 16.3. The minimum atomic E-state index is 0.208. The first kappa shape index (κ1) is 19.0. The summed E-state index contributed by atoms with van der Waals surface area (Å²) in [6, 6.07) is 6.81. The van der Waals surface area contributed by atoms with Crippen LogP contribution in [0.2, 0.25) is 0 Å². The van der Waals surface area contributed by atoms with Crippen LogP contribution in [0.4, 0.5) is 0 Å². The van der Waals surface area contributed by atoms with Gasteiger partial charge in [0.15, 0.2) is 5.16 Å². The van der Waals surface area contributed by atoms with Gasteiger partial charge in [-0.1, -0.05) is 37.7 Å². The Morgan fingerprint density at radius 1 is 1.27 bits per heavy atom. The largest absolute Gasteiger partial charge is 0.339 e. The molecule has 0 N–H and O–H groups in total. The second-order valence-corrected chi connectivity index (χ2v) is 8.56. The molecule has 1 aromatic heterocycles. The number of amides is 1. The monoisotopic (exact) mass is 372 g/mol. The van der Waals surface area contributed by atoms with E-state index < -0.39 is 0 Å². The maximum Gasteiger partial charge on any atom is 0.233 e. The quantitative estimate of drug-likeness (QED) is 0.691. The second-order valence-electron chi connectivity index (χ2n) is 7.61. The lowest BCUT2D eigenvalue weighted by Crippen LogP contribution is -2.37. The molecule has 0 atom stereocenters. The summed E-state index contributed by atoms with van der Waals surface area (Å²) in [6.07, 6.45) is 2.28. The molecule has 0 saturated heterocycles. The highest BCUT2D eigenvalue weighted by Crippen LogP contribution is 2.30. The van der Waals surface area contributed by atoms with Crippen LogP contribution >= 0.6 is 11.8 Å². The van der Waals surface area contributed by atoms with Crippen molar-refractivity contribution in [3.05, 3.63) is 35.2 Å². The van der Waals surface area contributed by atoms with Crippen LogP contribution in [0, 0.1) is 26.7 Å². The van der Waals surface area contributed by atoms with Gasteiger partial charge in [-0.3, -0.25) is 9.36 Å². The van der Waals surface area contributed by atoms with Crippen LogP contribution in [-0.2, 0) is 4.79 Å². The van der Waals surface area contributed by atoms with Crippen molar-refractivity contribution in [2.75, 3.05) is 12.3 Å². The first-order chi connectivity index (χ1) is 12.4. The summed E-state index contributed by atoms with van der Waals surface area (Å²) >= 11 is 1.48. The van der Waals surface area contributed by atoms with Crippen molar-refractivity contribution < 1.29 is 4.79 Å². The summed E-state index contributed by atoms with van der Waals surface area (Å²) in [7, 11) is 0. The number of hydrogen-bond donors (Lipinski definition) is 0. The van der Waals surface area contributed by atoms with Gasteiger partial charge in [0.05, 0.1) is 11.4 Å². The van der Waals surface area contributed by atoms with E-state index in [0.717, 1.165) is 36.1 Å². The van der Waals surface area contributed by atoms with Crippen LogP contribution < -0.4 is 0 Å². The van der Waals surface area contributed by atoms with Crippen molar-refractivity contribution in [2.45, 2.75) is 58.7 Å². The Kier molecular flexibility index (Phi) is 5.70. The van der Waals surface area contributed by atoms with Crippen molar-refractivity contribution in [3.8, 4) is 5.69 Å². The van der Waals surface area contributed by atoms with Crippen LogP contribution in [0.15, 0.2) is 23.4 Å². The maximum absolute atomic E-state index is 12.8. The van der Waals surface area contributed by atoms with Crippen molar-refractivity contribution in [3.63, 3.8) is 0 Å². The predicted molar refractivity (Wildman–Crippen MR) is 106 cm³/mol. The first-order valence-corrected chi connectivity index (χ1v) is 10.3. The van der Waals surface area contributed by atoms with Crippen LogP contribution in [-0.4, -0.2) is 43.9 Å². The van der Waals surface area contributed by atoms with E-state index in [0.29, 0.717) is 17.7 Å². The molecule has 26 heavy (non-hydrogen) atoms. The maximum atomic E-state index is 12.8. The minimum absolute atomic E-state index is 0.208. The van der Waals surface area contributed by atoms with Gasteiger partial charge in [-0.05, 0) is 56.7 Å². The molecule has 1 amide bonds. The number of aryl methyl sites for hydroxylation is 3. The molecule has 1 aliphatic rings. The molecule has 2 aromatic rings. The summed E-state index contributed by atoms with van der Waals surface area (Å²) < 4.78 is 2.06. The molecule has 1 heterocycles. The average molecular weight is 373 g/mol. The number of benzene rings is 1. The second kappa shape index (κ2) is 7.82. The fourth-order valence-electron chi connectivity index (χ4n) is 3.12. The molecule has 140 valence electrons. The Bertz CT molecular complexity index is 795. The van der Waals surface area contributed by atoms with Gasteiger partial charge in [0.25, 0.3) is 0 Å². The number of carbonyl (C=O) groups excluding carboxylic acids is 1. The summed E-state index contributed by atoms with van der Waals surface area (Å²) in [4.78, 5) is 14.8. The number of hydrogen-bond acceptors (Lipinski definition) is 4. The van der Waals surface area contributed by atoms with Gasteiger partial charge < -0.3 is 4.90 Å². The lowest BCUT2D eigenvalue weighted by Gasteiger charge is -2.24. The summed E-state index contributed by atoms with van der Waals surface area (Å²) in [5, 5.41) is 9.35. The summed E-state index contributed by atoms with van der Waals surface area (Å²) in [5.74, 6) is 1.95. The Balaban J connectivity index is 1.77. The molecule has 0 aliphatic heterocycles. The Hall–Kier alpha value is -1.82. The van der Waals surface area contributed by atoms with Crippen molar-refractivity contribution in [1.29, 1.82) is 0 Å². The lowest BCUT2D eigenvalue weighted by molar-refractivity contribution is -0.129. The standard InChI is InChI=1S/C20H28N4OS/c1-13(2)11-23(17-8-9-17)19(25)12-26-20-22-21-16(5)24(20)18-10-14(3)6-7-15(18)4/h6-7,10,13,17H,8-9,11-12H2,1-5H3. The van der Waals surface area contributed by atoms with Crippen LogP contribution in [0.1, 0.15) is 43.6 Å². The number of carbonyl (C=O) groups is 1. The van der Waals surface area contributed by atoms with E-state index in [1.807, 2.05) is 6.92 Å². The van der Waals surface area contributed by atoms with Gasteiger partial charge in [-0.2, -0.15) is 0 Å². The van der Waals surface area contributed by atoms with Crippen LogP contribution in [0.3, 0.4) is 0 Å². The Labute approximate surface area is 160 Å². The van der Waals surface area contributed by atoms with E-state index in [-0.39, 0.29) is 5.91 Å². The predicted octanol–water partition coefficient (Wildman–Crippen LogP) is 3.93. The molecule has 0 bridgehead atoms. The number of thioether (sulfide) groups is 1. The molecule has 1 saturated carbocycles. The zero-order chi connectivity index (χ0) is 18.8. The van der Waals surface area contributed by atoms with Gasteiger partial charge in [0.1, 0.15) is 5.82 Å². The fraction of sp³-hybridized carbons (Fsp3) is 0.550. The third kappa shape index (κ3) is 4.29. The van der Waals surface area contributed by atoms with E-state index in [1.165, 1.54) is 22.9 Å². The summed E-state index contributed by atoms with van der Waals surface area (Å²) in [5.41, 5.74) is 3.46. The van der Waals surface area contributed by atoms with Crippen LogP contribution in [0.5, 0.6) is 0 Å². The molecule has 0 radical (unpaired) electrons. The third-order valence-electron chi connectivity index (χ3n) is 4.60. The van der Waals surface area contributed by atoms with E-state index >= 15 is 0 Å².